The van der Waals surface area contributed by atoms with Gasteiger partial charge in [-0.15, -0.1) is 0 Å². The second-order valence-electron chi connectivity index (χ2n) is 3.94. The molecule has 1 atom stereocenters. The molecule has 1 heterocycles. The molecule has 0 bridgehead atoms. The van der Waals surface area contributed by atoms with Crippen LogP contribution in [0.15, 0.2) is 12.3 Å². The van der Waals surface area contributed by atoms with Crippen LogP contribution in [0.25, 0.3) is 0 Å². The highest BCUT2D eigenvalue weighted by Crippen LogP contribution is 2.10. The van der Waals surface area contributed by atoms with Gasteiger partial charge in [-0.3, -0.25) is 0 Å². The lowest BCUT2D eigenvalue weighted by Gasteiger charge is -2.20. The molecular formula is C11H17N3O2. The fraction of sp³-hybridized carbons (Fsp3) is 0.545. The fourth-order valence-electron chi connectivity index (χ4n) is 1.33. The van der Waals surface area contributed by atoms with E-state index in [9.17, 15) is 4.79 Å². The summed E-state index contributed by atoms with van der Waals surface area (Å²) in [4.78, 5) is 20.7. The van der Waals surface area contributed by atoms with Crippen LogP contribution in [0.1, 0.15) is 30.8 Å². The van der Waals surface area contributed by atoms with Gasteiger partial charge in [-0.2, -0.15) is 0 Å². The molecule has 0 aliphatic carbocycles. The van der Waals surface area contributed by atoms with Gasteiger partial charge in [0.25, 0.3) is 0 Å². The van der Waals surface area contributed by atoms with E-state index in [1.165, 1.54) is 12.3 Å². The van der Waals surface area contributed by atoms with Gasteiger partial charge in [-0.05, 0) is 12.0 Å². The Labute approximate surface area is 95.1 Å². The molecule has 0 aromatic carbocycles. The molecule has 1 rings (SSSR count). The molecule has 16 heavy (non-hydrogen) atoms. The third-order valence-corrected chi connectivity index (χ3v) is 2.49. The molecule has 0 saturated carbocycles. The Hall–Kier alpha value is -1.65. The average molecular weight is 223 g/mol. The van der Waals surface area contributed by atoms with Crippen molar-refractivity contribution >= 4 is 11.9 Å². The zero-order chi connectivity index (χ0) is 12.1. The van der Waals surface area contributed by atoms with E-state index >= 15 is 0 Å². The SMILES string of the molecule is CCC(C)CN(C)c1nccc(C(=O)O)n1. The van der Waals surface area contributed by atoms with E-state index in [1.54, 1.807) is 0 Å². The fourth-order valence-corrected chi connectivity index (χ4v) is 1.33. The highest BCUT2D eigenvalue weighted by atomic mass is 16.4. The quantitative estimate of drug-likeness (QED) is 0.822. The molecule has 1 aromatic heterocycles. The molecule has 1 aromatic rings. The first-order valence-corrected chi connectivity index (χ1v) is 5.32. The molecule has 88 valence electrons. The molecule has 1 N–H and O–H groups in total. The van der Waals surface area contributed by atoms with Gasteiger partial charge in [-0.25, -0.2) is 14.8 Å². The molecule has 0 spiro atoms. The summed E-state index contributed by atoms with van der Waals surface area (Å²) in [5.41, 5.74) is 0.0287. The molecule has 0 aliphatic rings. The van der Waals surface area contributed by atoms with Gasteiger partial charge in [0.15, 0.2) is 5.69 Å². The first-order valence-electron chi connectivity index (χ1n) is 5.32. The van der Waals surface area contributed by atoms with E-state index in [2.05, 4.69) is 23.8 Å². The third-order valence-electron chi connectivity index (χ3n) is 2.49. The van der Waals surface area contributed by atoms with E-state index in [1.807, 2.05) is 11.9 Å². The van der Waals surface area contributed by atoms with Gasteiger partial charge in [0.1, 0.15) is 0 Å². The van der Waals surface area contributed by atoms with Crippen molar-refractivity contribution in [3.05, 3.63) is 18.0 Å². The summed E-state index contributed by atoms with van der Waals surface area (Å²) in [6, 6.07) is 1.39. The molecule has 0 aliphatic heterocycles. The number of nitrogens with zero attached hydrogens (tertiary/aromatic N) is 3. The third kappa shape index (κ3) is 3.18. The predicted molar refractivity (Wildman–Crippen MR) is 61.7 cm³/mol. The normalized spacial score (nSPS) is 12.2. The number of hydrogen-bond donors (Lipinski definition) is 1. The minimum absolute atomic E-state index is 0.0287. The number of aromatic carboxylic acids is 1. The van der Waals surface area contributed by atoms with Crippen molar-refractivity contribution in [2.75, 3.05) is 18.5 Å². The summed E-state index contributed by atoms with van der Waals surface area (Å²) in [6.45, 7) is 5.07. The molecule has 0 radical (unpaired) electrons. The summed E-state index contributed by atoms with van der Waals surface area (Å²) >= 11 is 0. The van der Waals surface area contributed by atoms with Crippen molar-refractivity contribution in [1.82, 2.24) is 9.97 Å². The number of carboxylic acid groups (broad SMARTS) is 1. The van der Waals surface area contributed by atoms with Crippen LogP contribution >= 0.6 is 0 Å². The maximum Gasteiger partial charge on any atom is 0.354 e. The van der Waals surface area contributed by atoms with Crippen molar-refractivity contribution in [2.45, 2.75) is 20.3 Å². The lowest BCUT2D eigenvalue weighted by Crippen LogP contribution is -2.26. The van der Waals surface area contributed by atoms with Crippen molar-refractivity contribution in [3.8, 4) is 0 Å². The smallest absolute Gasteiger partial charge is 0.354 e. The largest absolute Gasteiger partial charge is 0.477 e. The second kappa shape index (κ2) is 5.44. The minimum atomic E-state index is -1.03. The van der Waals surface area contributed by atoms with E-state index in [0.29, 0.717) is 11.9 Å². The van der Waals surface area contributed by atoms with E-state index in [0.717, 1.165) is 13.0 Å². The Morgan fingerprint density at radius 2 is 2.31 bits per heavy atom. The Bertz CT molecular complexity index is 368. The zero-order valence-corrected chi connectivity index (χ0v) is 9.84. The van der Waals surface area contributed by atoms with Crippen LogP contribution in [0.2, 0.25) is 0 Å². The monoisotopic (exact) mass is 223 g/mol. The molecule has 5 nitrogen and oxygen atoms in total. The van der Waals surface area contributed by atoms with Crippen LogP contribution in [0, 0.1) is 5.92 Å². The average Bonchev–Trinajstić information content (AvgIpc) is 2.28. The van der Waals surface area contributed by atoms with Gasteiger partial charge in [0.2, 0.25) is 5.95 Å². The Morgan fingerprint density at radius 3 is 2.88 bits per heavy atom. The summed E-state index contributed by atoms with van der Waals surface area (Å²) in [6.07, 6.45) is 2.54. The summed E-state index contributed by atoms with van der Waals surface area (Å²) < 4.78 is 0. The van der Waals surface area contributed by atoms with Crippen LogP contribution in [0.3, 0.4) is 0 Å². The van der Waals surface area contributed by atoms with Crippen LogP contribution in [0.4, 0.5) is 5.95 Å². The standard InChI is InChI=1S/C11H17N3O2/c1-4-8(2)7-14(3)11-12-6-5-9(13-11)10(15)16/h5-6,8H,4,7H2,1-3H3,(H,15,16). The second-order valence-corrected chi connectivity index (χ2v) is 3.94. The van der Waals surface area contributed by atoms with Crippen LogP contribution < -0.4 is 4.90 Å². The Balaban J connectivity index is 2.79. The molecule has 5 heteroatoms. The van der Waals surface area contributed by atoms with E-state index < -0.39 is 5.97 Å². The number of hydrogen-bond acceptors (Lipinski definition) is 4. The van der Waals surface area contributed by atoms with Crippen LogP contribution in [-0.4, -0.2) is 34.6 Å². The van der Waals surface area contributed by atoms with Crippen LogP contribution in [-0.2, 0) is 0 Å². The number of rotatable bonds is 5. The van der Waals surface area contributed by atoms with Gasteiger partial charge >= 0.3 is 5.97 Å². The highest BCUT2D eigenvalue weighted by Gasteiger charge is 2.11. The number of carboxylic acids is 1. The molecule has 0 fully saturated rings. The summed E-state index contributed by atoms with van der Waals surface area (Å²) in [5, 5.41) is 8.81. The Kier molecular flexibility index (Phi) is 4.22. The van der Waals surface area contributed by atoms with Gasteiger partial charge in [0, 0.05) is 19.8 Å². The first kappa shape index (κ1) is 12.4. The Morgan fingerprint density at radius 1 is 1.62 bits per heavy atom. The van der Waals surface area contributed by atoms with Crippen molar-refractivity contribution in [1.29, 1.82) is 0 Å². The van der Waals surface area contributed by atoms with Gasteiger partial charge in [0.05, 0.1) is 0 Å². The topological polar surface area (TPSA) is 66.3 Å². The summed E-state index contributed by atoms with van der Waals surface area (Å²) in [7, 11) is 1.87. The van der Waals surface area contributed by atoms with Crippen molar-refractivity contribution < 1.29 is 9.90 Å². The molecule has 0 saturated heterocycles. The highest BCUT2D eigenvalue weighted by molar-refractivity contribution is 5.85. The molecule has 1 unspecified atom stereocenters. The van der Waals surface area contributed by atoms with Crippen molar-refractivity contribution in [2.24, 2.45) is 5.92 Å². The lowest BCUT2D eigenvalue weighted by molar-refractivity contribution is 0.0690. The zero-order valence-electron chi connectivity index (χ0n) is 9.84. The number of anilines is 1. The van der Waals surface area contributed by atoms with Gasteiger partial charge < -0.3 is 10.0 Å². The van der Waals surface area contributed by atoms with E-state index in [4.69, 9.17) is 5.11 Å². The predicted octanol–water partition coefficient (Wildman–Crippen LogP) is 1.66. The first-order chi connectivity index (χ1) is 7.54. The van der Waals surface area contributed by atoms with Crippen LogP contribution in [0.5, 0.6) is 0 Å². The van der Waals surface area contributed by atoms with Gasteiger partial charge in [-0.1, -0.05) is 20.3 Å². The van der Waals surface area contributed by atoms with E-state index in [-0.39, 0.29) is 5.69 Å². The number of carbonyl (C=O) groups is 1. The van der Waals surface area contributed by atoms with Crippen molar-refractivity contribution in [3.63, 3.8) is 0 Å². The maximum atomic E-state index is 10.7. The lowest BCUT2D eigenvalue weighted by atomic mass is 10.1. The number of aromatic nitrogens is 2. The summed E-state index contributed by atoms with van der Waals surface area (Å²) in [5.74, 6) is -0.0390. The molecular weight excluding hydrogens is 206 g/mol. The molecule has 0 amide bonds. The minimum Gasteiger partial charge on any atom is -0.477 e. The maximum absolute atomic E-state index is 10.7.